The zero-order chi connectivity index (χ0) is 37.5. The van der Waals surface area contributed by atoms with Crippen molar-refractivity contribution < 1.29 is 8.83 Å². The van der Waals surface area contributed by atoms with E-state index in [1.807, 2.05) is 72.8 Å². The molecule has 12 aromatic rings. The van der Waals surface area contributed by atoms with E-state index in [0.29, 0.717) is 17.5 Å². The Balaban J connectivity index is 1.12. The first-order chi connectivity index (χ1) is 28.3. The number of fused-ring (bicyclic) bond motifs is 10. The number of para-hydroxylation sites is 3. The lowest BCUT2D eigenvalue weighted by Crippen LogP contribution is -2.00. The lowest BCUT2D eigenvalue weighted by molar-refractivity contribution is 0.666. The molecule has 0 aliphatic carbocycles. The maximum Gasteiger partial charge on any atom is 0.164 e. The summed E-state index contributed by atoms with van der Waals surface area (Å²) in [5.41, 5.74) is 11.3. The second-order valence-electron chi connectivity index (χ2n) is 14.3. The first-order valence-electron chi connectivity index (χ1n) is 19.0. The van der Waals surface area contributed by atoms with Gasteiger partial charge in [-0.15, -0.1) is 0 Å². The normalized spacial score (nSPS) is 11.9. The van der Waals surface area contributed by atoms with Crippen LogP contribution < -0.4 is 0 Å². The fraction of sp³-hybridized carbons (Fsp3) is 0. The monoisotopic (exact) mass is 730 g/mol. The van der Waals surface area contributed by atoms with E-state index in [2.05, 4.69) is 114 Å². The Labute approximate surface area is 325 Å². The SMILES string of the molecule is c1ccc(-c2nc(-c3ccccc3)nc(-c3cccc(-c4cccc5oc6ccc7c8ccccc8n(-c8cccc9c8oc8ccccc89)c7c6c45)c3)n2)cc1. The maximum atomic E-state index is 6.72. The van der Waals surface area contributed by atoms with Gasteiger partial charge in [0.2, 0.25) is 0 Å². The highest BCUT2D eigenvalue weighted by Gasteiger charge is 2.23. The largest absolute Gasteiger partial charge is 0.456 e. The van der Waals surface area contributed by atoms with Crippen LogP contribution in [0.5, 0.6) is 0 Å². The molecule has 0 aliphatic heterocycles. The summed E-state index contributed by atoms with van der Waals surface area (Å²) in [4.78, 5) is 15.0. The van der Waals surface area contributed by atoms with Gasteiger partial charge in [0.15, 0.2) is 23.1 Å². The summed E-state index contributed by atoms with van der Waals surface area (Å²) in [5.74, 6) is 1.86. The smallest absolute Gasteiger partial charge is 0.164 e. The van der Waals surface area contributed by atoms with E-state index in [1.54, 1.807) is 0 Å². The highest BCUT2D eigenvalue weighted by molar-refractivity contribution is 6.27. The minimum atomic E-state index is 0.607. The van der Waals surface area contributed by atoms with Gasteiger partial charge in [0.05, 0.1) is 22.1 Å². The van der Waals surface area contributed by atoms with Crippen LogP contribution in [0.4, 0.5) is 0 Å². The first-order valence-corrected chi connectivity index (χ1v) is 19.0. The molecule has 0 saturated carbocycles. The van der Waals surface area contributed by atoms with Gasteiger partial charge in [-0.3, -0.25) is 0 Å². The van der Waals surface area contributed by atoms with Crippen LogP contribution in [0.25, 0.3) is 117 Å². The van der Waals surface area contributed by atoms with Crippen molar-refractivity contribution in [2.75, 3.05) is 0 Å². The summed E-state index contributed by atoms with van der Waals surface area (Å²) in [6.45, 7) is 0. The van der Waals surface area contributed by atoms with Crippen molar-refractivity contribution in [1.82, 2.24) is 19.5 Å². The fourth-order valence-corrected chi connectivity index (χ4v) is 8.52. The molecule has 0 atom stereocenters. The molecule has 57 heavy (non-hydrogen) atoms. The zero-order valence-corrected chi connectivity index (χ0v) is 30.4. The Morgan fingerprint density at radius 2 is 0.947 bits per heavy atom. The number of benzene rings is 8. The third kappa shape index (κ3) is 4.87. The molecule has 0 spiro atoms. The molecule has 266 valence electrons. The molecular weight excluding hydrogens is 701 g/mol. The second kappa shape index (κ2) is 12.3. The molecule has 8 aromatic carbocycles. The van der Waals surface area contributed by atoms with E-state index in [-0.39, 0.29) is 0 Å². The van der Waals surface area contributed by atoms with Crippen LogP contribution in [-0.4, -0.2) is 19.5 Å². The quantitative estimate of drug-likeness (QED) is 0.176. The first kappa shape index (κ1) is 31.5. The van der Waals surface area contributed by atoms with Crippen LogP contribution in [-0.2, 0) is 0 Å². The minimum absolute atomic E-state index is 0.607. The summed E-state index contributed by atoms with van der Waals surface area (Å²) in [6.07, 6.45) is 0. The molecule has 0 amide bonds. The van der Waals surface area contributed by atoms with Crippen molar-refractivity contribution in [2.24, 2.45) is 0 Å². The molecule has 0 fully saturated rings. The molecule has 6 heteroatoms. The van der Waals surface area contributed by atoms with E-state index < -0.39 is 0 Å². The van der Waals surface area contributed by atoms with Crippen molar-refractivity contribution in [1.29, 1.82) is 0 Å². The fourth-order valence-electron chi connectivity index (χ4n) is 8.52. The van der Waals surface area contributed by atoms with E-state index in [1.165, 1.54) is 0 Å². The van der Waals surface area contributed by atoms with Gasteiger partial charge in [-0.25, -0.2) is 15.0 Å². The molecule has 0 bridgehead atoms. The second-order valence-corrected chi connectivity index (χ2v) is 14.3. The standard InChI is InChI=1S/C51H30N4O2/c1-3-14-31(15-4-1)49-52-50(32-16-5-2-6-17-32)54-51(53-49)34-19-11-18-33(30-34)35-22-13-27-43-45(35)46-44(56-43)29-28-38-36-20-7-9-24-40(36)55(47(38)46)41-25-12-23-39-37-21-8-10-26-42(37)57-48(39)41/h1-30H. The van der Waals surface area contributed by atoms with Gasteiger partial charge in [0.1, 0.15) is 16.7 Å². The summed E-state index contributed by atoms with van der Waals surface area (Å²) >= 11 is 0. The number of rotatable bonds is 5. The van der Waals surface area contributed by atoms with Gasteiger partial charge in [-0.2, -0.15) is 0 Å². The van der Waals surface area contributed by atoms with Gasteiger partial charge in [0, 0.05) is 43.6 Å². The predicted octanol–water partition coefficient (Wildman–Crippen LogP) is 13.4. The van der Waals surface area contributed by atoms with Crippen LogP contribution in [0.2, 0.25) is 0 Å². The van der Waals surface area contributed by atoms with Crippen molar-refractivity contribution in [3.05, 3.63) is 182 Å². The molecule has 0 unspecified atom stereocenters. The number of hydrogen-bond donors (Lipinski definition) is 0. The van der Waals surface area contributed by atoms with Crippen LogP contribution in [0.3, 0.4) is 0 Å². The predicted molar refractivity (Wildman–Crippen MR) is 230 cm³/mol. The summed E-state index contributed by atoms with van der Waals surface area (Å²) in [7, 11) is 0. The van der Waals surface area contributed by atoms with Crippen molar-refractivity contribution >= 4 is 65.7 Å². The van der Waals surface area contributed by atoms with E-state index >= 15 is 0 Å². The Morgan fingerprint density at radius 3 is 1.74 bits per heavy atom. The Morgan fingerprint density at radius 1 is 0.368 bits per heavy atom. The van der Waals surface area contributed by atoms with Crippen LogP contribution in [0.15, 0.2) is 191 Å². The number of nitrogens with zero attached hydrogens (tertiary/aromatic N) is 4. The van der Waals surface area contributed by atoms with Gasteiger partial charge in [-0.05, 0) is 53.6 Å². The molecule has 0 aliphatic rings. The highest BCUT2D eigenvalue weighted by Crippen LogP contribution is 2.45. The Kier molecular flexibility index (Phi) is 6.83. The van der Waals surface area contributed by atoms with Gasteiger partial charge in [0.25, 0.3) is 0 Å². The molecular formula is C51H30N4O2. The van der Waals surface area contributed by atoms with Crippen LogP contribution >= 0.6 is 0 Å². The topological polar surface area (TPSA) is 69.9 Å². The average Bonchev–Trinajstić information content (AvgIpc) is 3.97. The van der Waals surface area contributed by atoms with Gasteiger partial charge < -0.3 is 13.4 Å². The summed E-state index contributed by atoms with van der Waals surface area (Å²) < 4.78 is 15.7. The molecule has 0 N–H and O–H groups in total. The van der Waals surface area contributed by atoms with Gasteiger partial charge >= 0.3 is 0 Å². The molecule has 4 aromatic heterocycles. The average molecular weight is 731 g/mol. The zero-order valence-electron chi connectivity index (χ0n) is 30.4. The third-order valence-corrected chi connectivity index (χ3v) is 11.1. The summed E-state index contributed by atoms with van der Waals surface area (Å²) in [5, 5.41) is 6.58. The third-order valence-electron chi connectivity index (χ3n) is 11.1. The van der Waals surface area contributed by atoms with Crippen LogP contribution in [0.1, 0.15) is 0 Å². The number of aromatic nitrogens is 4. The summed E-state index contributed by atoms with van der Waals surface area (Å²) in [6, 6.07) is 62.5. The Bertz CT molecular complexity index is 3470. The Hall–Kier alpha value is -7.83. The van der Waals surface area contributed by atoms with Crippen LogP contribution in [0, 0.1) is 0 Å². The van der Waals surface area contributed by atoms with Crippen molar-refractivity contribution in [3.63, 3.8) is 0 Å². The van der Waals surface area contributed by atoms with Crippen molar-refractivity contribution in [2.45, 2.75) is 0 Å². The van der Waals surface area contributed by atoms with Crippen molar-refractivity contribution in [3.8, 4) is 51.0 Å². The van der Waals surface area contributed by atoms with Gasteiger partial charge in [-0.1, -0.05) is 140 Å². The number of furan rings is 2. The molecule has 6 nitrogen and oxygen atoms in total. The minimum Gasteiger partial charge on any atom is -0.456 e. The maximum absolute atomic E-state index is 6.72. The van der Waals surface area contributed by atoms with E-state index in [9.17, 15) is 0 Å². The van der Waals surface area contributed by atoms with E-state index in [0.717, 1.165) is 99.2 Å². The molecule has 0 radical (unpaired) electrons. The molecule has 12 rings (SSSR count). The lowest BCUT2D eigenvalue weighted by Gasteiger charge is -2.11. The highest BCUT2D eigenvalue weighted by atomic mass is 16.3. The number of hydrogen-bond acceptors (Lipinski definition) is 5. The molecule has 4 heterocycles. The lowest BCUT2D eigenvalue weighted by atomic mass is 9.97. The van der Waals surface area contributed by atoms with E-state index in [4.69, 9.17) is 23.8 Å². The molecule has 0 saturated heterocycles.